The van der Waals surface area contributed by atoms with Gasteiger partial charge in [0.1, 0.15) is 18.0 Å². The van der Waals surface area contributed by atoms with Crippen molar-refractivity contribution < 1.29 is 9.66 Å². The van der Waals surface area contributed by atoms with E-state index in [4.69, 9.17) is 14.7 Å². The number of benzene rings is 1. The van der Waals surface area contributed by atoms with E-state index in [2.05, 4.69) is 19.8 Å². The van der Waals surface area contributed by atoms with E-state index in [1.165, 1.54) is 12.1 Å². The SMILES string of the molecule is Cc1cc(N2CCc3c(nc(-c4ccc([N+](=O)[O-])cc4)nc3N3CCOCC3)C2)ncn1. The Kier molecular flexibility index (Phi) is 5.36. The fourth-order valence-electron chi connectivity index (χ4n) is 4.12. The van der Waals surface area contributed by atoms with Crippen LogP contribution in [-0.2, 0) is 17.7 Å². The first-order chi connectivity index (χ1) is 15.6. The summed E-state index contributed by atoms with van der Waals surface area (Å²) in [5.41, 5.74) is 3.83. The van der Waals surface area contributed by atoms with Gasteiger partial charge in [0.15, 0.2) is 5.82 Å². The minimum absolute atomic E-state index is 0.0467. The topological polar surface area (TPSA) is 110 Å². The molecular weight excluding hydrogens is 410 g/mol. The first kappa shape index (κ1) is 20.3. The van der Waals surface area contributed by atoms with E-state index in [1.54, 1.807) is 18.5 Å². The Morgan fingerprint density at radius 2 is 1.81 bits per heavy atom. The number of hydrogen-bond donors (Lipinski definition) is 0. The van der Waals surface area contributed by atoms with E-state index in [0.717, 1.165) is 60.2 Å². The molecule has 2 aliphatic heterocycles. The second kappa shape index (κ2) is 8.46. The van der Waals surface area contributed by atoms with E-state index >= 15 is 0 Å². The molecule has 5 rings (SSSR count). The lowest BCUT2D eigenvalue weighted by Gasteiger charge is -2.34. The third kappa shape index (κ3) is 3.96. The quantitative estimate of drug-likeness (QED) is 0.453. The predicted molar refractivity (Wildman–Crippen MR) is 119 cm³/mol. The number of nitrogens with zero attached hydrogens (tertiary/aromatic N) is 7. The van der Waals surface area contributed by atoms with Gasteiger partial charge >= 0.3 is 0 Å². The number of anilines is 2. The number of fused-ring (bicyclic) bond motifs is 1. The first-order valence-corrected chi connectivity index (χ1v) is 10.6. The highest BCUT2D eigenvalue weighted by molar-refractivity contribution is 5.63. The molecule has 1 fully saturated rings. The van der Waals surface area contributed by atoms with Crippen LogP contribution >= 0.6 is 0 Å². The van der Waals surface area contributed by atoms with Gasteiger partial charge in [-0.1, -0.05) is 0 Å². The van der Waals surface area contributed by atoms with Gasteiger partial charge in [-0.25, -0.2) is 19.9 Å². The fraction of sp³-hybridized carbons (Fsp3) is 0.364. The van der Waals surface area contributed by atoms with Gasteiger partial charge in [0.25, 0.3) is 5.69 Å². The summed E-state index contributed by atoms with van der Waals surface area (Å²) in [5.74, 6) is 2.39. The molecule has 0 saturated carbocycles. The summed E-state index contributed by atoms with van der Waals surface area (Å²) in [6.45, 7) is 6.27. The number of morpholine rings is 1. The molecule has 1 saturated heterocycles. The van der Waals surface area contributed by atoms with Crippen LogP contribution in [0.25, 0.3) is 11.4 Å². The van der Waals surface area contributed by atoms with Crippen molar-refractivity contribution in [1.82, 2.24) is 19.9 Å². The van der Waals surface area contributed by atoms with Crippen molar-refractivity contribution >= 4 is 17.3 Å². The van der Waals surface area contributed by atoms with E-state index in [-0.39, 0.29) is 5.69 Å². The number of aryl methyl sites for hydroxylation is 1. The van der Waals surface area contributed by atoms with Crippen LogP contribution < -0.4 is 9.80 Å². The molecule has 0 radical (unpaired) electrons. The van der Waals surface area contributed by atoms with E-state index < -0.39 is 4.92 Å². The number of rotatable bonds is 4. The summed E-state index contributed by atoms with van der Waals surface area (Å²) in [5, 5.41) is 11.0. The van der Waals surface area contributed by atoms with Crippen molar-refractivity contribution in [3.63, 3.8) is 0 Å². The lowest BCUT2D eigenvalue weighted by atomic mass is 10.0. The smallest absolute Gasteiger partial charge is 0.269 e. The summed E-state index contributed by atoms with van der Waals surface area (Å²) in [7, 11) is 0. The maximum Gasteiger partial charge on any atom is 0.269 e. The molecule has 3 aromatic rings. The number of ether oxygens (including phenoxy) is 1. The highest BCUT2D eigenvalue weighted by atomic mass is 16.6. The standard InChI is InChI=1S/C22H23N7O3/c1-15-12-20(24-14-23-15)28-7-6-18-19(13-28)25-21(16-2-4-17(5-3-16)29(30)31)26-22(18)27-8-10-32-11-9-27/h2-5,12,14H,6-11,13H2,1H3. The molecule has 10 nitrogen and oxygen atoms in total. The van der Waals surface area contributed by atoms with Gasteiger partial charge in [0.05, 0.1) is 30.4 Å². The van der Waals surface area contributed by atoms with Gasteiger partial charge in [0, 0.05) is 54.7 Å². The van der Waals surface area contributed by atoms with Gasteiger partial charge in [0.2, 0.25) is 0 Å². The summed E-state index contributed by atoms with van der Waals surface area (Å²) in [6.07, 6.45) is 2.40. The average molecular weight is 433 g/mol. The number of nitro groups is 1. The zero-order valence-electron chi connectivity index (χ0n) is 17.8. The molecule has 4 heterocycles. The van der Waals surface area contributed by atoms with Crippen molar-refractivity contribution in [2.75, 3.05) is 42.6 Å². The molecule has 2 aliphatic rings. The Balaban J connectivity index is 1.55. The molecular formula is C22H23N7O3. The third-order valence-electron chi connectivity index (χ3n) is 5.80. The van der Waals surface area contributed by atoms with Crippen molar-refractivity contribution in [3.05, 3.63) is 63.7 Å². The maximum atomic E-state index is 11.0. The molecule has 2 aromatic heterocycles. The minimum atomic E-state index is -0.405. The summed E-state index contributed by atoms with van der Waals surface area (Å²) < 4.78 is 5.53. The molecule has 0 N–H and O–H groups in total. The largest absolute Gasteiger partial charge is 0.378 e. The number of aromatic nitrogens is 4. The Labute approximate surface area is 185 Å². The molecule has 32 heavy (non-hydrogen) atoms. The second-order valence-corrected chi connectivity index (χ2v) is 7.89. The van der Waals surface area contributed by atoms with Crippen LogP contribution in [-0.4, -0.2) is 57.7 Å². The van der Waals surface area contributed by atoms with Crippen LogP contribution in [0.4, 0.5) is 17.3 Å². The normalized spacial score (nSPS) is 16.0. The Morgan fingerprint density at radius 1 is 1.03 bits per heavy atom. The Hall–Kier alpha value is -3.66. The number of nitro benzene ring substituents is 1. The van der Waals surface area contributed by atoms with Gasteiger partial charge in [-0.15, -0.1) is 0 Å². The van der Waals surface area contributed by atoms with Gasteiger partial charge in [-0.05, 0) is 25.5 Å². The minimum Gasteiger partial charge on any atom is -0.378 e. The van der Waals surface area contributed by atoms with Crippen molar-refractivity contribution in [1.29, 1.82) is 0 Å². The van der Waals surface area contributed by atoms with Crippen LogP contribution in [0, 0.1) is 17.0 Å². The molecule has 0 aliphatic carbocycles. The molecule has 0 amide bonds. The van der Waals surface area contributed by atoms with Crippen LogP contribution in [0.1, 0.15) is 17.0 Å². The summed E-state index contributed by atoms with van der Waals surface area (Å²) in [6, 6.07) is 8.37. The molecule has 0 atom stereocenters. The van der Waals surface area contributed by atoms with Crippen LogP contribution in [0.15, 0.2) is 36.7 Å². The summed E-state index contributed by atoms with van der Waals surface area (Å²) >= 11 is 0. The maximum absolute atomic E-state index is 11.0. The lowest BCUT2D eigenvalue weighted by Crippen LogP contribution is -2.39. The number of hydrogen-bond acceptors (Lipinski definition) is 9. The zero-order valence-corrected chi connectivity index (χ0v) is 17.8. The van der Waals surface area contributed by atoms with Crippen molar-refractivity contribution in [3.8, 4) is 11.4 Å². The third-order valence-corrected chi connectivity index (χ3v) is 5.80. The zero-order chi connectivity index (χ0) is 22.1. The van der Waals surface area contributed by atoms with Gasteiger partial charge in [-0.3, -0.25) is 10.1 Å². The summed E-state index contributed by atoms with van der Waals surface area (Å²) in [4.78, 5) is 33.5. The molecule has 1 aromatic carbocycles. The predicted octanol–water partition coefficient (Wildman–Crippen LogP) is 2.55. The molecule has 0 bridgehead atoms. The van der Waals surface area contributed by atoms with Gasteiger partial charge < -0.3 is 14.5 Å². The van der Waals surface area contributed by atoms with Crippen molar-refractivity contribution in [2.45, 2.75) is 19.9 Å². The Morgan fingerprint density at radius 3 is 2.53 bits per heavy atom. The molecule has 164 valence electrons. The van der Waals surface area contributed by atoms with Crippen LogP contribution in [0.5, 0.6) is 0 Å². The monoisotopic (exact) mass is 433 g/mol. The van der Waals surface area contributed by atoms with Crippen molar-refractivity contribution in [2.24, 2.45) is 0 Å². The van der Waals surface area contributed by atoms with E-state index in [9.17, 15) is 10.1 Å². The number of non-ortho nitro benzene ring substituents is 1. The second-order valence-electron chi connectivity index (χ2n) is 7.89. The van der Waals surface area contributed by atoms with E-state index in [0.29, 0.717) is 25.6 Å². The molecule has 0 unspecified atom stereocenters. The first-order valence-electron chi connectivity index (χ1n) is 10.6. The lowest BCUT2D eigenvalue weighted by molar-refractivity contribution is -0.384. The average Bonchev–Trinajstić information content (AvgIpc) is 2.83. The highest BCUT2D eigenvalue weighted by Crippen LogP contribution is 2.31. The van der Waals surface area contributed by atoms with Crippen LogP contribution in [0.2, 0.25) is 0 Å². The molecule has 0 spiro atoms. The highest BCUT2D eigenvalue weighted by Gasteiger charge is 2.27. The molecule has 10 heteroatoms. The van der Waals surface area contributed by atoms with Gasteiger partial charge in [-0.2, -0.15) is 0 Å². The Bertz CT molecular complexity index is 1150. The van der Waals surface area contributed by atoms with E-state index in [1.807, 2.05) is 13.0 Å². The fourth-order valence-corrected chi connectivity index (χ4v) is 4.12. The van der Waals surface area contributed by atoms with Crippen LogP contribution in [0.3, 0.4) is 0 Å².